The maximum Gasteiger partial charge on any atom is 0.312 e. The van der Waals surface area contributed by atoms with Gasteiger partial charge in [0.25, 0.3) is 0 Å². The molecule has 3 rings (SSSR count). The summed E-state index contributed by atoms with van der Waals surface area (Å²) in [6.07, 6.45) is 3.52. The van der Waals surface area contributed by atoms with Crippen molar-refractivity contribution in [1.82, 2.24) is 10.2 Å². The Morgan fingerprint density at radius 3 is 1.66 bits per heavy atom. The second kappa shape index (κ2) is 10.5. The van der Waals surface area contributed by atoms with Crippen LogP contribution in [0.3, 0.4) is 0 Å². The van der Waals surface area contributed by atoms with Crippen LogP contribution in [0.4, 0.5) is 4.79 Å². The van der Waals surface area contributed by atoms with Gasteiger partial charge in [-0.05, 0) is 59.8 Å². The predicted molar refractivity (Wildman–Crippen MR) is 142 cm³/mol. The third-order valence-corrected chi connectivity index (χ3v) is 7.20. The maximum atomic E-state index is 11.3. The lowest BCUT2D eigenvalue weighted by Crippen LogP contribution is -2.45. The van der Waals surface area contributed by atoms with Gasteiger partial charge in [0.15, 0.2) is 0 Å². The highest BCUT2D eigenvalue weighted by atomic mass is 16.3. The van der Waals surface area contributed by atoms with Crippen LogP contribution in [0.1, 0.15) is 89.5 Å². The van der Waals surface area contributed by atoms with Crippen LogP contribution in [-0.2, 0) is 23.9 Å². The molecule has 1 aliphatic carbocycles. The minimum absolute atomic E-state index is 0.0227. The molecule has 0 aromatic heterocycles. The Labute approximate surface area is 210 Å². The maximum absolute atomic E-state index is 11.3. The van der Waals surface area contributed by atoms with E-state index in [1.54, 1.807) is 12.1 Å². The average Bonchev–Trinajstić information content (AvgIpc) is 2.74. The zero-order chi connectivity index (χ0) is 26.0. The molecule has 0 unspecified atom stereocenters. The van der Waals surface area contributed by atoms with Crippen molar-refractivity contribution in [3.05, 3.63) is 58.7 Å². The number of nitrogens with one attached hydrogen (secondary N) is 1. The average molecular weight is 482 g/mol. The number of aromatic hydroxyl groups is 2. The first-order valence-corrected chi connectivity index (χ1v) is 12.7. The van der Waals surface area contributed by atoms with E-state index in [9.17, 15) is 15.0 Å². The fraction of sp³-hybridized carbons (Fsp3) is 0.552. The second-order valence-electron chi connectivity index (χ2n) is 12.1. The molecule has 1 aliphatic rings. The van der Waals surface area contributed by atoms with Gasteiger partial charge in [0.1, 0.15) is 11.5 Å². The van der Waals surface area contributed by atoms with Gasteiger partial charge in [-0.25, -0.2) is 4.79 Å². The Balaban J connectivity index is 1.91. The van der Waals surface area contributed by atoms with Crippen molar-refractivity contribution in [2.75, 3.05) is 0 Å². The minimum Gasteiger partial charge on any atom is -0.508 e. The van der Waals surface area contributed by atoms with E-state index in [-0.39, 0.29) is 22.9 Å². The summed E-state index contributed by atoms with van der Waals surface area (Å²) in [5, 5.41) is 24.3. The quantitative estimate of drug-likeness (QED) is 0.427. The van der Waals surface area contributed by atoms with Crippen LogP contribution in [0.25, 0.3) is 0 Å². The van der Waals surface area contributed by atoms with Gasteiger partial charge in [-0.2, -0.15) is 0 Å². The Hall–Kier alpha value is -2.73. The number of carbonyl (C=O) groups is 1. The van der Waals surface area contributed by atoms with Crippen LogP contribution >= 0.6 is 0 Å². The summed E-state index contributed by atoms with van der Waals surface area (Å²) in [6, 6.07) is 11.7. The Kier molecular flexibility index (Phi) is 8.05. The van der Waals surface area contributed by atoms with Crippen molar-refractivity contribution in [3.8, 4) is 11.5 Å². The number of nitrogens with zero attached hydrogens (tertiary/aromatic N) is 1. The molecule has 0 heterocycles. The molecule has 0 spiro atoms. The van der Waals surface area contributed by atoms with Gasteiger partial charge in [0.2, 0.25) is 0 Å². The van der Waals surface area contributed by atoms with E-state index in [1.807, 2.05) is 12.1 Å². The van der Waals surface area contributed by atoms with Crippen LogP contribution < -0.4 is 11.1 Å². The topological polar surface area (TPSA) is 98.8 Å². The summed E-state index contributed by atoms with van der Waals surface area (Å²) in [6.45, 7) is 14.2. The summed E-state index contributed by atoms with van der Waals surface area (Å²) >= 11 is 0. The second-order valence-corrected chi connectivity index (χ2v) is 12.1. The SMILES string of the molecule is CC(C)(C)c1ccc(O)c(CN(Cc2cc(C(C)(C)C)ccc2O)C2CCC(NC(N)=O)CC2)c1. The summed E-state index contributed by atoms with van der Waals surface area (Å²) in [5.41, 5.74) is 9.43. The van der Waals surface area contributed by atoms with Crippen molar-refractivity contribution in [1.29, 1.82) is 0 Å². The van der Waals surface area contributed by atoms with Crippen LogP contribution in [-0.4, -0.2) is 33.2 Å². The molecule has 0 atom stereocenters. The number of phenols is 2. The molecule has 0 saturated heterocycles. The molecule has 1 fully saturated rings. The summed E-state index contributed by atoms with van der Waals surface area (Å²) in [4.78, 5) is 13.7. The molecule has 6 heteroatoms. The summed E-state index contributed by atoms with van der Waals surface area (Å²) in [7, 11) is 0. The number of hydrogen-bond donors (Lipinski definition) is 4. The zero-order valence-corrected chi connectivity index (χ0v) is 22.2. The molecule has 0 radical (unpaired) electrons. The van der Waals surface area contributed by atoms with E-state index in [1.165, 1.54) is 11.1 Å². The van der Waals surface area contributed by atoms with Crippen LogP contribution in [0.2, 0.25) is 0 Å². The number of amides is 2. The lowest BCUT2D eigenvalue weighted by Gasteiger charge is -2.37. The van der Waals surface area contributed by atoms with Gasteiger partial charge in [-0.3, -0.25) is 4.90 Å². The number of nitrogens with two attached hydrogens (primary N) is 1. The van der Waals surface area contributed by atoms with Gasteiger partial charge in [-0.15, -0.1) is 0 Å². The molecule has 0 bridgehead atoms. The molecular weight excluding hydrogens is 438 g/mol. The highest BCUT2D eigenvalue weighted by molar-refractivity contribution is 5.71. The third kappa shape index (κ3) is 7.14. The molecule has 2 aromatic rings. The largest absolute Gasteiger partial charge is 0.508 e. The van der Waals surface area contributed by atoms with E-state index in [4.69, 9.17) is 5.73 Å². The Morgan fingerprint density at radius 1 is 0.857 bits per heavy atom. The number of carbonyl (C=O) groups excluding carboxylic acids is 1. The minimum atomic E-state index is -0.474. The van der Waals surface area contributed by atoms with Crippen molar-refractivity contribution < 1.29 is 15.0 Å². The van der Waals surface area contributed by atoms with Crippen molar-refractivity contribution in [2.24, 2.45) is 5.73 Å². The van der Waals surface area contributed by atoms with Crippen LogP contribution in [0.15, 0.2) is 36.4 Å². The van der Waals surface area contributed by atoms with E-state index >= 15 is 0 Å². The Bertz CT molecular complexity index is 963. The molecule has 1 saturated carbocycles. The summed E-state index contributed by atoms with van der Waals surface area (Å²) < 4.78 is 0. The number of primary amides is 1. The lowest BCUT2D eigenvalue weighted by atomic mass is 9.85. The third-order valence-electron chi connectivity index (χ3n) is 7.20. The smallest absolute Gasteiger partial charge is 0.312 e. The molecule has 192 valence electrons. The van der Waals surface area contributed by atoms with Gasteiger partial charge in [0.05, 0.1) is 0 Å². The van der Waals surface area contributed by atoms with Crippen LogP contribution in [0, 0.1) is 0 Å². The molecule has 6 nitrogen and oxygen atoms in total. The monoisotopic (exact) mass is 481 g/mol. The van der Waals surface area contributed by atoms with Gasteiger partial charge in [0, 0.05) is 36.3 Å². The highest BCUT2D eigenvalue weighted by Crippen LogP contribution is 2.34. The first kappa shape index (κ1) is 26.9. The lowest BCUT2D eigenvalue weighted by molar-refractivity contribution is 0.127. The van der Waals surface area contributed by atoms with Gasteiger partial charge < -0.3 is 21.3 Å². The van der Waals surface area contributed by atoms with E-state index in [0.717, 1.165) is 36.8 Å². The molecule has 2 amide bonds. The normalized spacial score (nSPS) is 19.1. The molecule has 5 N–H and O–H groups in total. The molecule has 2 aromatic carbocycles. The summed E-state index contributed by atoms with van der Waals surface area (Å²) in [5.74, 6) is 0.583. The number of rotatable bonds is 6. The molecular formula is C29H43N3O3. The van der Waals surface area contributed by atoms with E-state index in [0.29, 0.717) is 24.6 Å². The fourth-order valence-corrected chi connectivity index (χ4v) is 4.90. The van der Waals surface area contributed by atoms with Crippen molar-refractivity contribution in [3.63, 3.8) is 0 Å². The first-order chi connectivity index (χ1) is 16.2. The van der Waals surface area contributed by atoms with E-state index < -0.39 is 6.03 Å². The van der Waals surface area contributed by atoms with Crippen molar-refractivity contribution >= 4 is 6.03 Å². The predicted octanol–water partition coefficient (Wildman–Crippen LogP) is 5.67. The number of phenolic OH excluding ortho intramolecular Hbond substituents is 2. The van der Waals surface area contributed by atoms with Gasteiger partial charge >= 0.3 is 6.03 Å². The number of urea groups is 1. The standard InChI is InChI=1S/C29H43N3O3/c1-28(2,3)21-7-13-25(33)19(15-21)17-32(24-11-9-23(10-12-24)31-27(30)35)18-20-16-22(29(4,5)6)8-14-26(20)34/h7-8,13-16,23-24,33-34H,9-12,17-18H2,1-6H3,(H3,30,31,35). The van der Waals surface area contributed by atoms with Crippen molar-refractivity contribution in [2.45, 2.75) is 103 Å². The number of benzene rings is 2. The molecule has 0 aliphatic heterocycles. The first-order valence-electron chi connectivity index (χ1n) is 12.7. The molecule has 35 heavy (non-hydrogen) atoms. The Morgan fingerprint density at radius 2 is 1.29 bits per heavy atom. The van der Waals surface area contributed by atoms with Crippen LogP contribution in [0.5, 0.6) is 11.5 Å². The zero-order valence-electron chi connectivity index (χ0n) is 22.2. The number of hydrogen-bond acceptors (Lipinski definition) is 4. The highest BCUT2D eigenvalue weighted by Gasteiger charge is 2.28. The van der Waals surface area contributed by atoms with E-state index in [2.05, 4.69) is 63.9 Å². The fourth-order valence-electron chi connectivity index (χ4n) is 4.90. The van der Waals surface area contributed by atoms with Gasteiger partial charge in [-0.1, -0.05) is 65.8 Å².